The van der Waals surface area contributed by atoms with Gasteiger partial charge in [0, 0.05) is 42.3 Å². The number of likely N-dealkylation sites (N-methyl/N-ethyl adjacent to an activating group) is 1. The molecule has 3 aromatic carbocycles. The molecule has 0 spiro atoms. The van der Waals surface area contributed by atoms with Gasteiger partial charge in [0.05, 0.1) is 12.8 Å². The van der Waals surface area contributed by atoms with E-state index in [-0.39, 0.29) is 5.91 Å². The highest BCUT2D eigenvalue weighted by Crippen LogP contribution is 2.32. The number of carbonyl (C=O) groups excluding carboxylic acids is 1. The summed E-state index contributed by atoms with van der Waals surface area (Å²) in [5, 5.41) is 3.06. The van der Waals surface area contributed by atoms with Gasteiger partial charge in [0.25, 0.3) is 5.91 Å². The normalized spacial score (nSPS) is 14.2. The number of piperazine rings is 1. The Balaban J connectivity index is 1.52. The lowest BCUT2D eigenvalue weighted by molar-refractivity contribution is 0.102. The van der Waals surface area contributed by atoms with Crippen LogP contribution in [0.3, 0.4) is 0 Å². The summed E-state index contributed by atoms with van der Waals surface area (Å²) < 4.78 is 5.59. The predicted molar refractivity (Wildman–Crippen MR) is 139 cm³/mol. The molecule has 1 fully saturated rings. The first-order valence-corrected chi connectivity index (χ1v) is 12.4. The first-order valence-electron chi connectivity index (χ1n) is 11.2. The van der Waals surface area contributed by atoms with Crippen LogP contribution < -0.4 is 15.0 Å². The van der Waals surface area contributed by atoms with Crippen LogP contribution in [-0.4, -0.2) is 57.4 Å². The second kappa shape index (κ2) is 10.3. The number of nitrogens with zero attached hydrogens (tertiary/aromatic N) is 2. The minimum atomic E-state index is -0.114. The van der Waals surface area contributed by atoms with Gasteiger partial charge >= 0.3 is 0 Å². The molecule has 1 amide bonds. The van der Waals surface area contributed by atoms with Crippen LogP contribution in [0.1, 0.15) is 15.9 Å². The third-order valence-electron chi connectivity index (χ3n) is 6.17. The molecule has 1 saturated heterocycles. The van der Waals surface area contributed by atoms with Crippen molar-refractivity contribution in [3.05, 3.63) is 71.8 Å². The Hall–Kier alpha value is -2.96. The quantitative estimate of drug-likeness (QED) is 0.498. The van der Waals surface area contributed by atoms with Crippen molar-refractivity contribution < 1.29 is 9.53 Å². The van der Waals surface area contributed by atoms with Gasteiger partial charge in [0.2, 0.25) is 0 Å². The SMILES string of the molecule is COc1ccc(NC(=O)c2ccc(-c3ccc(SC)cc3)c(C)c2)cc1N1CCN(C)CC1. The third-order valence-corrected chi connectivity index (χ3v) is 6.91. The molecule has 0 radical (unpaired) electrons. The highest BCUT2D eigenvalue weighted by molar-refractivity contribution is 7.98. The smallest absolute Gasteiger partial charge is 0.255 e. The summed E-state index contributed by atoms with van der Waals surface area (Å²) >= 11 is 1.73. The average Bonchev–Trinajstić information content (AvgIpc) is 2.84. The van der Waals surface area contributed by atoms with E-state index >= 15 is 0 Å². The zero-order valence-electron chi connectivity index (χ0n) is 19.7. The van der Waals surface area contributed by atoms with Gasteiger partial charge in [-0.15, -0.1) is 11.8 Å². The van der Waals surface area contributed by atoms with E-state index in [9.17, 15) is 4.79 Å². The fourth-order valence-corrected chi connectivity index (χ4v) is 4.57. The molecule has 3 aromatic rings. The van der Waals surface area contributed by atoms with Crippen LogP contribution in [0.4, 0.5) is 11.4 Å². The standard InChI is InChI=1S/C27H31N3O2S/c1-19-17-21(7-11-24(19)20-5-9-23(33-4)10-6-20)27(31)28-22-8-12-26(32-3)25(18-22)30-15-13-29(2)14-16-30/h5-12,17-18H,13-16H2,1-4H3,(H,28,31). The van der Waals surface area contributed by atoms with Crippen LogP contribution >= 0.6 is 11.8 Å². The first-order chi connectivity index (χ1) is 16.0. The molecule has 1 N–H and O–H groups in total. The van der Waals surface area contributed by atoms with Crippen LogP contribution in [0.5, 0.6) is 5.75 Å². The summed E-state index contributed by atoms with van der Waals surface area (Å²) in [6.07, 6.45) is 2.07. The van der Waals surface area contributed by atoms with Gasteiger partial charge in [-0.2, -0.15) is 0 Å². The molecule has 33 heavy (non-hydrogen) atoms. The number of thioether (sulfide) groups is 1. The molecular weight excluding hydrogens is 430 g/mol. The van der Waals surface area contributed by atoms with E-state index in [4.69, 9.17) is 4.74 Å². The van der Waals surface area contributed by atoms with Crippen LogP contribution in [0, 0.1) is 6.92 Å². The van der Waals surface area contributed by atoms with E-state index in [0.29, 0.717) is 5.56 Å². The number of aryl methyl sites for hydroxylation is 1. The Morgan fingerprint density at radius 1 is 0.970 bits per heavy atom. The average molecular weight is 462 g/mol. The van der Waals surface area contributed by atoms with Gasteiger partial charge in [-0.25, -0.2) is 0 Å². The predicted octanol–water partition coefficient (Wildman–Crippen LogP) is 5.40. The molecule has 172 valence electrons. The van der Waals surface area contributed by atoms with E-state index in [1.54, 1.807) is 18.9 Å². The molecule has 0 aliphatic carbocycles. The maximum Gasteiger partial charge on any atom is 0.255 e. The van der Waals surface area contributed by atoms with E-state index in [1.807, 2.05) is 43.3 Å². The van der Waals surface area contributed by atoms with Crippen molar-refractivity contribution in [3.8, 4) is 16.9 Å². The van der Waals surface area contributed by atoms with Crippen molar-refractivity contribution in [1.29, 1.82) is 0 Å². The van der Waals surface area contributed by atoms with Gasteiger partial charge in [0.15, 0.2) is 0 Å². The van der Waals surface area contributed by atoms with Crippen LogP contribution in [0.2, 0.25) is 0 Å². The lowest BCUT2D eigenvalue weighted by atomic mass is 9.98. The molecule has 1 heterocycles. The number of ether oxygens (including phenoxy) is 1. The van der Waals surface area contributed by atoms with Crippen LogP contribution in [0.25, 0.3) is 11.1 Å². The number of anilines is 2. The van der Waals surface area contributed by atoms with E-state index in [2.05, 4.69) is 52.7 Å². The molecule has 0 saturated carbocycles. The highest BCUT2D eigenvalue weighted by atomic mass is 32.2. The minimum absolute atomic E-state index is 0.114. The Kier molecular flexibility index (Phi) is 7.26. The summed E-state index contributed by atoms with van der Waals surface area (Å²) in [4.78, 5) is 18.9. The fourth-order valence-electron chi connectivity index (χ4n) is 4.16. The number of rotatable bonds is 6. The van der Waals surface area contributed by atoms with Gasteiger partial charge in [-0.3, -0.25) is 4.79 Å². The third kappa shape index (κ3) is 5.34. The van der Waals surface area contributed by atoms with E-state index in [1.165, 1.54) is 4.90 Å². The van der Waals surface area contributed by atoms with E-state index < -0.39 is 0 Å². The van der Waals surface area contributed by atoms with Crippen molar-refractivity contribution in [3.63, 3.8) is 0 Å². The molecule has 1 aliphatic heterocycles. The topological polar surface area (TPSA) is 44.8 Å². The second-order valence-corrected chi connectivity index (χ2v) is 9.27. The van der Waals surface area contributed by atoms with Crippen LogP contribution in [-0.2, 0) is 0 Å². The number of nitrogens with one attached hydrogen (secondary N) is 1. The molecule has 6 heteroatoms. The monoisotopic (exact) mass is 461 g/mol. The number of benzene rings is 3. The summed E-state index contributed by atoms with van der Waals surface area (Å²) in [7, 11) is 3.82. The maximum absolute atomic E-state index is 13.0. The lowest BCUT2D eigenvalue weighted by Gasteiger charge is -2.35. The summed E-state index contributed by atoms with van der Waals surface area (Å²) in [5.74, 6) is 0.710. The lowest BCUT2D eigenvalue weighted by Crippen LogP contribution is -2.44. The molecule has 0 atom stereocenters. The Morgan fingerprint density at radius 2 is 1.70 bits per heavy atom. The van der Waals surface area contributed by atoms with Gasteiger partial charge < -0.3 is 19.9 Å². The molecule has 4 rings (SSSR count). The van der Waals surface area contributed by atoms with Gasteiger partial charge in [-0.1, -0.05) is 18.2 Å². The summed E-state index contributed by atoms with van der Waals surface area (Å²) in [6.45, 7) is 5.93. The highest BCUT2D eigenvalue weighted by Gasteiger charge is 2.19. The van der Waals surface area contributed by atoms with Crippen molar-refractivity contribution in [2.24, 2.45) is 0 Å². The van der Waals surface area contributed by atoms with Crippen molar-refractivity contribution >= 4 is 29.0 Å². The zero-order chi connectivity index (χ0) is 23.4. The number of carbonyl (C=O) groups is 1. The number of hydrogen-bond donors (Lipinski definition) is 1. The second-order valence-electron chi connectivity index (χ2n) is 8.39. The molecule has 1 aliphatic rings. The molecule has 0 aromatic heterocycles. The Labute approximate surface area is 200 Å². The number of amides is 1. The number of methoxy groups -OCH3 is 1. The molecule has 0 bridgehead atoms. The van der Waals surface area contributed by atoms with Crippen LogP contribution in [0.15, 0.2) is 65.6 Å². The minimum Gasteiger partial charge on any atom is -0.495 e. The zero-order valence-corrected chi connectivity index (χ0v) is 20.5. The van der Waals surface area contributed by atoms with E-state index in [0.717, 1.165) is 60.0 Å². The molecular formula is C27H31N3O2S. The largest absolute Gasteiger partial charge is 0.495 e. The first kappa shape index (κ1) is 23.2. The van der Waals surface area contributed by atoms with Gasteiger partial charge in [0.1, 0.15) is 5.75 Å². The van der Waals surface area contributed by atoms with Crippen molar-refractivity contribution in [1.82, 2.24) is 4.90 Å². The van der Waals surface area contributed by atoms with Gasteiger partial charge in [-0.05, 0) is 79.4 Å². The summed E-state index contributed by atoms with van der Waals surface area (Å²) in [5.41, 5.74) is 5.80. The molecule has 5 nitrogen and oxygen atoms in total. The van der Waals surface area contributed by atoms with Crippen molar-refractivity contribution in [2.75, 3.05) is 56.8 Å². The summed E-state index contributed by atoms with van der Waals surface area (Å²) in [6, 6.07) is 20.2. The maximum atomic E-state index is 13.0. The Morgan fingerprint density at radius 3 is 2.33 bits per heavy atom. The number of hydrogen-bond acceptors (Lipinski definition) is 5. The molecule has 0 unspecified atom stereocenters. The Bertz CT molecular complexity index is 1120. The fraction of sp³-hybridized carbons (Fsp3) is 0.296. The van der Waals surface area contributed by atoms with Crippen molar-refractivity contribution in [2.45, 2.75) is 11.8 Å².